The fourth-order valence-electron chi connectivity index (χ4n) is 1.80. The monoisotopic (exact) mass is 244 g/mol. The van der Waals surface area contributed by atoms with Crippen LogP contribution in [0.3, 0.4) is 0 Å². The van der Waals surface area contributed by atoms with E-state index in [1.807, 2.05) is 32.4 Å². The highest BCUT2D eigenvalue weighted by Gasteiger charge is 2.27. The fraction of sp³-hybridized carbons (Fsp3) is 0.417. The van der Waals surface area contributed by atoms with E-state index in [4.69, 9.17) is 0 Å². The molecule has 0 atom stereocenters. The Labute approximate surface area is 105 Å². The summed E-state index contributed by atoms with van der Waals surface area (Å²) in [5.41, 5.74) is 0. The molecule has 0 saturated heterocycles. The van der Waals surface area contributed by atoms with Crippen LogP contribution in [0.15, 0.2) is 18.3 Å². The van der Waals surface area contributed by atoms with E-state index < -0.39 is 0 Å². The standard InChI is InChI=1S/C12H16N6/c1-13-10-7-11(14-9-5-6-18(2)17-9)16-12(15-10)8-3-4-8/h5-8H,3-4H2,1-2H3,(H2,13,14,15,16,17). The number of hydrogen-bond donors (Lipinski definition) is 2. The first-order valence-electron chi connectivity index (χ1n) is 6.08. The minimum Gasteiger partial charge on any atom is -0.373 e. The highest BCUT2D eigenvalue weighted by molar-refractivity contribution is 5.55. The highest BCUT2D eigenvalue weighted by atomic mass is 15.3. The third-order valence-corrected chi connectivity index (χ3v) is 2.91. The van der Waals surface area contributed by atoms with Crippen LogP contribution in [0.25, 0.3) is 0 Å². The fourth-order valence-corrected chi connectivity index (χ4v) is 1.80. The van der Waals surface area contributed by atoms with Crippen LogP contribution >= 0.6 is 0 Å². The lowest BCUT2D eigenvalue weighted by atomic mass is 10.3. The van der Waals surface area contributed by atoms with Crippen molar-refractivity contribution >= 4 is 17.5 Å². The van der Waals surface area contributed by atoms with Crippen molar-refractivity contribution in [1.29, 1.82) is 0 Å². The van der Waals surface area contributed by atoms with Crippen LogP contribution in [0.1, 0.15) is 24.6 Å². The van der Waals surface area contributed by atoms with Crippen molar-refractivity contribution in [2.75, 3.05) is 17.7 Å². The molecule has 1 aliphatic carbocycles. The Morgan fingerprint density at radius 3 is 2.61 bits per heavy atom. The highest BCUT2D eigenvalue weighted by Crippen LogP contribution is 2.38. The van der Waals surface area contributed by atoms with Crippen LogP contribution in [0.2, 0.25) is 0 Å². The Bertz CT molecular complexity index is 557. The van der Waals surface area contributed by atoms with Gasteiger partial charge in [-0.15, -0.1) is 0 Å². The Morgan fingerprint density at radius 2 is 2.00 bits per heavy atom. The number of anilines is 3. The van der Waals surface area contributed by atoms with Crippen molar-refractivity contribution in [3.8, 4) is 0 Å². The smallest absolute Gasteiger partial charge is 0.153 e. The van der Waals surface area contributed by atoms with Crippen molar-refractivity contribution in [3.05, 3.63) is 24.2 Å². The van der Waals surface area contributed by atoms with Crippen molar-refractivity contribution in [2.45, 2.75) is 18.8 Å². The molecule has 3 rings (SSSR count). The first-order chi connectivity index (χ1) is 8.74. The number of nitrogens with zero attached hydrogens (tertiary/aromatic N) is 4. The van der Waals surface area contributed by atoms with E-state index in [-0.39, 0.29) is 0 Å². The van der Waals surface area contributed by atoms with Crippen molar-refractivity contribution in [3.63, 3.8) is 0 Å². The van der Waals surface area contributed by atoms with Gasteiger partial charge in [0.1, 0.15) is 17.5 Å². The van der Waals surface area contributed by atoms with Gasteiger partial charge in [-0.3, -0.25) is 4.68 Å². The van der Waals surface area contributed by atoms with Crippen molar-refractivity contribution in [2.24, 2.45) is 7.05 Å². The molecular formula is C12H16N6. The summed E-state index contributed by atoms with van der Waals surface area (Å²) < 4.78 is 1.75. The molecule has 2 heterocycles. The third kappa shape index (κ3) is 2.27. The largest absolute Gasteiger partial charge is 0.373 e. The molecule has 1 fully saturated rings. The SMILES string of the molecule is CNc1cc(Nc2ccn(C)n2)nc(C2CC2)n1. The molecule has 18 heavy (non-hydrogen) atoms. The Hall–Kier alpha value is -2.11. The van der Waals surface area contributed by atoms with Crippen LogP contribution in [-0.2, 0) is 7.05 Å². The van der Waals surface area contributed by atoms with E-state index in [2.05, 4.69) is 25.7 Å². The average Bonchev–Trinajstić information content (AvgIpc) is 3.14. The van der Waals surface area contributed by atoms with Crippen molar-refractivity contribution < 1.29 is 0 Å². The molecule has 2 aromatic rings. The van der Waals surface area contributed by atoms with E-state index in [9.17, 15) is 0 Å². The van der Waals surface area contributed by atoms with Gasteiger partial charge in [0.2, 0.25) is 0 Å². The molecule has 0 bridgehead atoms. The summed E-state index contributed by atoms with van der Waals surface area (Å²) in [7, 11) is 3.75. The maximum Gasteiger partial charge on any atom is 0.153 e. The lowest BCUT2D eigenvalue weighted by Gasteiger charge is -2.07. The Balaban J connectivity index is 1.88. The van der Waals surface area contributed by atoms with Crippen molar-refractivity contribution in [1.82, 2.24) is 19.7 Å². The van der Waals surface area contributed by atoms with Gasteiger partial charge in [-0.25, -0.2) is 9.97 Å². The summed E-state index contributed by atoms with van der Waals surface area (Å²) in [4.78, 5) is 9.01. The molecule has 0 aliphatic heterocycles. The maximum atomic E-state index is 4.54. The van der Waals surface area contributed by atoms with E-state index in [0.717, 1.165) is 23.3 Å². The normalized spacial score (nSPS) is 14.6. The number of nitrogens with one attached hydrogen (secondary N) is 2. The van der Waals surface area contributed by atoms with E-state index >= 15 is 0 Å². The van der Waals surface area contributed by atoms with Crippen LogP contribution in [0.4, 0.5) is 17.5 Å². The van der Waals surface area contributed by atoms with Gasteiger partial charge in [-0.05, 0) is 12.8 Å². The van der Waals surface area contributed by atoms with Gasteiger partial charge < -0.3 is 10.6 Å². The number of aryl methyl sites for hydroxylation is 1. The summed E-state index contributed by atoms with van der Waals surface area (Å²) in [6.07, 6.45) is 4.27. The van der Waals surface area contributed by atoms with Gasteiger partial charge in [0.25, 0.3) is 0 Å². The minimum absolute atomic E-state index is 0.530. The maximum absolute atomic E-state index is 4.54. The summed E-state index contributed by atoms with van der Waals surface area (Å²) >= 11 is 0. The van der Waals surface area contributed by atoms with E-state index in [1.165, 1.54) is 12.8 Å². The average molecular weight is 244 g/mol. The zero-order valence-corrected chi connectivity index (χ0v) is 10.5. The molecule has 2 aromatic heterocycles. The Morgan fingerprint density at radius 1 is 1.22 bits per heavy atom. The second-order valence-electron chi connectivity index (χ2n) is 4.52. The lowest BCUT2D eigenvalue weighted by Crippen LogP contribution is -2.03. The van der Waals surface area contributed by atoms with Gasteiger partial charge in [-0.2, -0.15) is 5.10 Å². The molecule has 0 amide bonds. The predicted molar refractivity (Wildman–Crippen MR) is 70.0 cm³/mol. The molecule has 0 radical (unpaired) electrons. The third-order valence-electron chi connectivity index (χ3n) is 2.91. The summed E-state index contributed by atoms with van der Waals surface area (Å²) in [5, 5.41) is 10.5. The number of aromatic nitrogens is 4. The van der Waals surface area contributed by atoms with Gasteiger partial charge in [0, 0.05) is 38.3 Å². The Kier molecular flexibility index (Phi) is 2.62. The molecule has 94 valence electrons. The molecule has 0 unspecified atom stereocenters. The first-order valence-corrected chi connectivity index (χ1v) is 6.08. The summed E-state index contributed by atoms with van der Waals surface area (Å²) in [6.45, 7) is 0. The molecule has 0 spiro atoms. The van der Waals surface area contributed by atoms with Gasteiger partial charge in [0.15, 0.2) is 5.82 Å². The second kappa shape index (κ2) is 4.29. The molecular weight excluding hydrogens is 228 g/mol. The molecule has 0 aromatic carbocycles. The predicted octanol–water partition coefficient (Wildman–Crippen LogP) is 1.87. The van der Waals surface area contributed by atoms with Crippen LogP contribution in [0, 0.1) is 0 Å². The number of rotatable bonds is 4. The second-order valence-corrected chi connectivity index (χ2v) is 4.52. The van der Waals surface area contributed by atoms with Crippen LogP contribution < -0.4 is 10.6 Å². The quantitative estimate of drug-likeness (QED) is 0.859. The zero-order valence-electron chi connectivity index (χ0n) is 10.5. The summed E-state index contributed by atoms with van der Waals surface area (Å²) in [6, 6.07) is 3.80. The molecule has 1 saturated carbocycles. The minimum atomic E-state index is 0.530. The van der Waals surface area contributed by atoms with Gasteiger partial charge in [-0.1, -0.05) is 0 Å². The van der Waals surface area contributed by atoms with E-state index in [0.29, 0.717) is 5.92 Å². The number of hydrogen-bond acceptors (Lipinski definition) is 5. The lowest BCUT2D eigenvalue weighted by molar-refractivity contribution is 0.771. The van der Waals surface area contributed by atoms with Crippen LogP contribution in [-0.4, -0.2) is 26.8 Å². The topological polar surface area (TPSA) is 67.7 Å². The molecule has 2 N–H and O–H groups in total. The van der Waals surface area contributed by atoms with Gasteiger partial charge in [0.05, 0.1) is 0 Å². The first kappa shape index (κ1) is 11.0. The van der Waals surface area contributed by atoms with E-state index in [1.54, 1.807) is 4.68 Å². The molecule has 6 nitrogen and oxygen atoms in total. The summed E-state index contributed by atoms with van der Waals surface area (Å²) in [5.74, 6) is 3.86. The molecule has 6 heteroatoms. The molecule has 1 aliphatic rings. The van der Waals surface area contributed by atoms with Gasteiger partial charge >= 0.3 is 0 Å². The zero-order chi connectivity index (χ0) is 12.5. The van der Waals surface area contributed by atoms with Crippen LogP contribution in [0.5, 0.6) is 0 Å².